The molecule has 3 aromatic heterocycles. The van der Waals surface area contributed by atoms with Crippen LogP contribution < -0.4 is 10.3 Å². The third-order valence-electron chi connectivity index (χ3n) is 6.49. The number of morpholine rings is 1. The second-order valence-electron chi connectivity index (χ2n) is 8.64. The van der Waals surface area contributed by atoms with Crippen molar-refractivity contribution in [3.8, 4) is 11.4 Å². The summed E-state index contributed by atoms with van der Waals surface area (Å²) in [5, 5.41) is 12.4. The van der Waals surface area contributed by atoms with E-state index in [-0.39, 0.29) is 11.2 Å². The molecule has 36 heavy (non-hydrogen) atoms. The summed E-state index contributed by atoms with van der Waals surface area (Å²) in [7, 11) is 0. The zero-order valence-corrected chi connectivity index (χ0v) is 19.4. The van der Waals surface area contributed by atoms with Crippen LogP contribution in [0.25, 0.3) is 33.3 Å². The van der Waals surface area contributed by atoms with Crippen LogP contribution in [0.15, 0.2) is 71.7 Å². The Kier molecular flexibility index (Phi) is 5.59. The Balaban J connectivity index is 1.48. The Bertz CT molecular complexity index is 1650. The lowest BCUT2D eigenvalue weighted by Crippen LogP contribution is -2.38. The van der Waals surface area contributed by atoms with Crippen molar-refractivity contribution in [1.82, 2.24) is 18.9 Å². The van der Waals surface area contributed by atoms with E-state index in [1.54, 1.807) is 22.8 Å². The van der Waals surface area contributed by atoms with Crippen LogP contribution >= 0.6 is 0 Å². The molecule has 10 heteroatoms. The minimum atomic E-state index is -0.461. The molecular formula is C26H23N5O5. The highest BCUT2D eigenvalue weighted by molar-refractivity contribution is 6.04. The predicted molar refractivity (Wildman–Crippen MR) is 135 cm³/mol. The van der Waals surface area contributed by atoms with E-state index in [4.69, 9.17) is 14.5 Å². The lowest BCUT2D eigenvalue weighted by Gasteiger charge is -2.26. The highest BCUT2D eigenvalue weighted by Crippen LogP contribution is 2.28. The Morgan fingerprint density at radius 3 is 2.50 bits per heavy atom. The van der Waals surface area contributed by atoms with Crippen LogP contribution in [0.5, 0.6) is 5.75 Å². The molecule has 0 N–H and O–H groups in total. The molecule has 0 amide bonds. The number of aromatic nitrogens is 3. The fourth-order valence-corrected chi connectivity index (χ4v) is 4.67. The van der Waals surface area contributed by atoms with E-state index in [1.165, 1.54) is 12.1 Å². The van der Waals surface area contributed by atoms with E-state index in [2.05, 4.69) is 4.90 Å². The second kappa shape index (κ2) is 9.06. The standard InChI is InChI=1S/C26H23N5O5/c32-26-22-4-2-1-3-21(22)24-25(30(26)18-5-7-19(8-6-18)31(33)34)29-17-20(9-10-23(29)27-24)36-16-13-28-11-14-35-15-12-28/h1-10,17H,11-16H2. The molecule has 1 aliphatic rings. The number of nitro groups is 1. The zero-order valence-electron chi connectivity index (χ0n) is 19.4. The van der Waals surface area contributed by atoms with Crippen LogP contribution in [0.1, 0.15) is 0 Å². The highest BCUT2D eigenvalue weighted by Gasteiger charge is 2.19. The van der Waals surface area contributed by atoms with Gasteiger partial charge in [-0.2, -0.15) is 0 Å². The van der Waals surface area contributed by atoms with E-state index in [1.807, 2.05) is 40.9 Å². The number of imidazole rings is 1. The summed E-state index contributed by atoms with van der Waals surface area (Å²) in [6.45, 7) is 4.58. The summed E-state index contributed by atoms with van der Waals surface area (Å²) in [4.78, 5) is 31.5. The number of hydrogen-bond acceptors (Lipinski definition) is 7. The molecule has 10 nitrogen and oxygen atoms in total. The average Bonchev–Trinajstić information content (AvgIpc) is 3.29. The number of nitrogens with zero attached hydrogens (tertiary/aromatic N) is 5. The number of pyridine rings is 2. The van der Waals surface area contributed by atoms with Gasteiger partial charge in [-0.3, -0.25) is 28.8 Å². The Hall–Kier alpha value is -4.28. The molecule has 6 rings (SSSR count). The van der Waals surface area contributed by atoms with Crippen LogP contribution in [0, 0.1) is 10.1 Å². The van der Waals surface area contributed by atoms with E-state index in [9.17, 15) is 14.9 Å². The molecule has 1 aliphatic heterocycles. The van der Waals surface area contributed by atoms with Gasteiger partial charge in [0.05, 0.1) is 30.0 Å². The molecule has 1 saturated heterocycles. The van der Waals surface area contributed by atoms with Gasteiger partial charge < -0.3 is 9.47 Å². The topological polar surface area (TPSA) is 104 Å². The van der Waals surface area contributed by atoms with Crippen molar-refractivity contribution in [2.24, 2.45) is 0 Å². The maximum atomic E-state index is 13.7. The smallest absolute Gasteiger partial charge is 0.269 e. The number of hydrogen-bond donors (Lipinski definition) is 0. The normalized spacial score (nSPS) is 14.6. The molecule has 4 heterocycles. The van der Waals surface area contributed by atoms with Crippen molar-refractivity contribution in [1.29, 1.82) is 0 Å². The fourth-order valence-electron chi connectivity index (χ4n) is 4.67. The summed E-state index contributed by atoms with van der Waals surface area (Å²) < 4.78 is 14.8. The first-order chi connectivity index (χ1) is 17.6. The molecule has 182 valence electrons. The van der Waals surface area contributed by atoms with Gasteiger partial charge in [0.25, 0.3) is 11.2 Å². The molecule has 0 atom stereocenters. The maximum absolute atomic E-state index is 13.7. The van der Waals surface area contributed by atoms with Crippen LogP contribution in [0.2, 0.25) is 0 Å². The number of fused-ring (bicyclic) bond motifs is 5. The first-order valence-corrected chi connectivity index (χ1v) is 11.7. The van der Waals surface area contributed by atoms with E-state index >= 15 is 0 Å². The summed E-state index contributed by atoms with van der Waals surface area (Å²) in [5.41, 5.74) is 2.14. The van der Waals surface area contributed by atoms with Gasteiger partial charge in [0.2, 0.25) is 0 Å². The highest BCUT2D eigenvalue weighted by atomic mass is 16.6. The summed E-state index contributed by atoms with van der Waals surface area (Å²) in [6.07, 6.45) is 1.83. The number of rotatable bonds is 6. The van der Waals surface area contributed by atoms with Crippen LogP contribution in [-0.4, -0.2) is 63.2 Å². The van der Waals surface area contributed by atoms with Gasteiger partial charge >= 0.3 is 0 Å². The van der Waals surface area contributed by atoms with Crippen LogP contribution in [0.3, 0.4) is 0 Å². The van der Waals surface area contributed by atoms with Gasteiger partial charge in [0.15, 0.2) is 5.65 Å². The number of ether oxygens (including phenoxy) is 2. The minimum Gasteiger partial charge on any atom is -0.491 e. The molecule has 0 spiro atoms. The Morgan fingerprint density at radius 2 is 1.75 bits per heavy atom. The fraction of sp³-hybridized carbons (Fsp3) is 0.231. The van der Waals surface area contributed by atoms with Crippen LogP contribution in [0.4, 0.5) is 5.69 Å². The first kappa shape index (κ1) is 22.2. The van der Waals surface area contributed by atoms with Crippen LogP contribution in [-0.2, 0) is 4.74 Å². The van der Waals surface area contributed by atoms with Crippen molar-refractivity contribution in [2.75, 3.05) is 39.5 Å². The monoisotopic (exact) mass is 485 g/mol. The lowest BCUT2D eigenvalue weighted by molar-refractivity contribution is -0.384. The first-order valence-electron chi connectivity index (χ1n) is 11.7. The van der Waals surface area contributed by atoms with Crippen molar-refractivity contribution in [2.45, 2.75) is 0 Å². The minimum absolute atomic E-state index is 0.0436. The maximum Gasteiger partial charge on any atom is 0.269 e. The van der Waals surface area contributed by atoms with Gasteiger partial charge in [-0.1, -0.05) is 18.2 Å². The Labute approximate surface area is 205 Å². The van der Waals surface area contributed by atoms with E-state index in [0.29, 0.717) is 40.2 Å². The molecule has 1 fully saturated rings. The predicted octanol–water partition coefficient (Wildman–Crippen LogP) is 3.41. The quantitative estimate of drug-likeness (QED) is 0.268. The summed E-state index contributed by atoms with van der Waals surface area (Å²) in [5.74, 6) is 0.658. The van der Waals surface area contributed by atoms with Crippen molar-refractivity contribution < 1.29 is 14.4 Å². The van der Waals surface area contributed by atoms with Gasteiger partial charge in [-0.25, -0.2) is 4.98 Å². The SMILES string of the molecule is O=c1c2ccccc2c2nc3ccc(OCCN4CCOCC4)cn3c2n1-c1ccc([N+](=O)[O-])cc1. The molecule has 0 aliphatic carbocycles. The van der Waals surface area contributed by atoms with E-state index in [0.717, 1.165) is 38.2 Å². The van der Waals surface area contributed by atoms with Gasteiger partial charge in [-0.15, -0.1) is 0 Å². The van der Waals surface area contributed by atoms with Crippen molar-refractivity contribution in [3.63, 3.8) is 0 Å². The Morgan fingerprint density at radius 1 is 1.00 bits per heavy atom. The van der Waals surface area contributed by atoms with Gasteiger partial charge in [-0.05, 0) is 30.3 Å². The lowest BCUT2D eigenvalue weighted by atomic mass is 10.1. The summed E-state index contributed by atoms with van der Waals surface area (Å²) in [6, 6.07) is 17.0. The third-order valence-corrected chi connectivity index (χ3v) is 6.49. The molecule has 0 radical (unpaired) electrons. The largest absolute Gasteiger partial charge is 0.491 e. The molecule has 2 aromatic carbocycles. The van der Waals surface area contributed by atoms with Gasteiger partial charge in [0.1, 0.15) is 23.5 Å². The second-order valence-corrected chi connectivity index (χ2v) is 8.64. The summed E-state index contributed by atoms with van der Waals surface area (Å²) >= 11 is 0. The zero-order chi connectivity index (χ0) is 24.6. The van der Waals surface area contributed by atoms with Crippen molar-refractivity contribution in [3.05, 3.63) is 87.3 Å². The van der Waals surface area contributed by atoms with E-state index < -0.39 is 4.92 Å². The molecule has 0 saturated carbocycles. The third kappa shape index (κ3) is 3.86. The number of nitro benzene ring substituents is 1. The molecule has 0 bridgehead atoms. The number of non-ortho nitro benzene ring substituents is 1. The number of benzene rings is 2. The molecular weight excluding hydrogens is 462 g/mol. The van der Waals surface area contributed by atoms with Crippen molar-refractivity contribution >= 4 is 33.3 Å². The van der Waals surface area contributed by atoms with Gasteiger partial charge in [0, 0.05) is 42.5 Å². The molecule has 5 aromatic rings. The average molecular weight is 486 g/mol. The molecule has 0 unspecified atom stereocenters.